The standard InChI is InChI=1S/C16H25FN4.HI/c1-18-16(21-9-4-5-10-21)19-12-15(20(2)3)13-7-6-8-14(17)11-13;/h6-8,11,15H,4-5,9-10,12H2,1-3H3,(H,18,19);1H. The predicted molar refractivity (Wildman–Crippen MR) is 100 cm³/mol. The van der Waals surface area contributed by atoms with Crippen LogP contribution in [0, 0.1) is 5.82 Å². The second-order valence-electron chi connectivity index (χ2n) is 5.66. The fourth-order valence-corrected chi connectivity index (χ4v) is 2.76. The van der Waals surface area contributed by atoms with Gasteiger partial charge in [-0.1, -0.05) is 12.1 Å². The fourth-order valence-electron chi connectivity index (χ4n) is 2.76. The summed E-state index contributed by atoms with van der Waals surface area (Å²) in [5.41, 5.74) is 0.976. The summed E-state index contributed by atoms with van der Waals surface area (Å²) in [6.07, 6.45) is 2.45. The third kappa shape index (κ3) is 5.08. The monoisotopic (exact) mass is 420 g/mol. The maximum Gasteiger partial charge on any atom is 0.193 e. The van der Waals surface area contributed by atoms with Crippen LogP contribution in [0.1, 0.15) is 24.4 Å². The zero-order valence-corrected chi connectivity index (χ0v) is 15.9. The molecular formula is C16H26FIN4. The smallest absolute Gasteiger partial charge is 0.193 e. The SMILES string of the molecule is CN=C(NCC(c1cccc(F)c1)N(C)C)N1CCCC1.I. The van der Waals surface area contributed by atoms with E-state index in [1.165, 1.54) is 18.9 Å². The van der Waals surface area contributed by atoms with Crippen molar-refractivity contribution in [3.63, 3.8) is 0 Å². The molecule has 1 aromatic carbocycles. The van der Waals surface area contributed by atoms with E-state index in [0.29, 0.717) is 6.54 Å². The van der Waals surface area contributed by atoms with Crippen molar-refractivity contribution in [2.75, 3.05) is 40.8 Å². The van der Waals surface area contributed by atoms with Gasteiger partial charge >= 0.3 is 0 Å². The van der Waals surface area contributed by atoms with Crippen molar-refractivity contribution in [2.45, 2.75) is 18.9 Å². The van der Waals surface area contributed by atoms with E-state index < -0.39 is 0 Å². The molecule has 2 rings (SSSR count). The number of hydrogen-bond acceptors (Lipinski definition) is 2. The zero-order valence-electron chi connectivity index (χ0n) is 13.6. The van der Waals surface area contributed by atoms with Gasteiger partial charge in [0, 0.05) is 26.7 Å². The van der Waals surface area contributed by atoms with E-state index >= 15 is 0 Å². The van der Waals surface area contributed by atoms with Gasteiger partial charge in [0.15, 0.2) is 5.96 Å². The van der Waals surface area contributed by atoms with Crippen LogP contribution in [0.4, 0.5) is 4.39 Å². The van der Waals surface area contributed by atoms with Crippen molar-refractivity contribution in [1.29, 1.82) is 0 Å². The summed E-state index contributed by atoms with van der Waals surface area (Å²) >= 11 is 0. The van der Waals surface area contributed by atoms with Gasteiger partial charge in [-0.3, -0.25) is 4.99 Å². The number of rotatable bonds is 4. The highest BCUT2D eigenvalue weighted by atomic mass is 127. The molecule has 0 aliphatic carbocycles. The molecule has 1 aromatic rings. The molecule has 0 spiro atoms. The van der Waals surface area contributed by atoms with Gasteiger partial charge in [0.05, 0.1) is 6.04 Å². The molecule has 1 aliphatic heterocycles. The normalized spacial score (nSPS) is 16.6. The Kier molecular flexibility index (Phi) is 8.09. The summed E-state index contributed by atoms with van der Waals surface area (Å²) < 4.78 is 13.4. The molecule has 124 valence electrons. The lowest BCUT2D eigenvalue weighted by atomic mass is 10.1. The maximum absolute atomic E-state index is 13.4. The lowest BCUT2D eigenvalue weighted by molar-refractivity contribution is 0.295. The number of nitrogens with zero attached hydrogens (tertiary/aromatic N) is 3. The van der Waals surface area contributed by atoms with Gasteiger partial charge < -0.3 is 15.1 Å². The molecule has 0 saturated carbocycles. The van der Waals surface area contributed by atoms with Crippen LogP contribution in [0.5, 0.6) is 0 Å². The van der Waals surface area contributed by atoms with Crippen molar-refractivity contribution in [3.8, 4) is 0 Å². The van der Waals surface area contributed by atoms with E-state index in [2.05, 4.69) is 20.1 Å². The first-order valence-electron chi connectivity index (χ1n) is 7.49. The number of guanidine groups is 1. The number of aliphatic imine (C=N–C) groups is 1. The van der Waals surface area contributed by atoms with Gasteiger partial charge in [0.1, 0.15) is 5.82 Å². The van der Waals surface area contributed by atoms with E-state index in [4.69, 9.17) is 0 Å². The zero-order chi connectivity index (χ0) is 15.2. The first kappa shape index (κ1) is 19.2. The molecule has 0 radical (unpaired) electrons. The van der Waals surface area contributed by atoms with Crippen LogP contribution >= 0.6 is 24.0 Å². The first-order valence-corrected chi connectivity index (χ1v) is 7.49. The van der Waals surface area contributed by atoms with Crippen LogP contribution in [0.15, 0.2) is 29.3 Å². The molecule has 1 heterocycles. The van der Waals surface area contributed by atoms with Crippen LogP contribution in [0.25, 0.3) is 0 Å². The highest BCUT2D eigenvalue weighted by molar-refractivity contribution is 14.0. The Morgan fingerprint density at radius 3 is 2.59 bits per heavy atom. The predicted octanol–water partition coefficient (Wildman–Crippen LogP) is 2.72. The molecule has 22 heavy (non-hydrogen) atoms. The average Bonchev–Trinajstić information content (AvgIpc) is 2.97. The number of nitrogens with one attached hydrogen (secondary N) is 1. The molecule has 1 unspecified atom stereocenters. The minimum Gasteiger partial charge on any atom is -0.354 e. The van der Waals surface area contributed by atoms with Gasteiger partial charge in [-0.05, 0) is 44.6 Å². The maximum atomic E-state index is 13.4. The van der Waals surface area contributed by atoms with E-state index in [9.17, 15) is 4.39 Å². The van der Waals surface area contributed by atoms with Crippen LogP contribution in [-0.2, 0) is 0 Å². The van der Waals surface area contributed by atoms with Crippen molar-refractivity contribution >= 4 is 29.9 Å². The summed E-state index contributed by atoms with van der Waals surface area (Å²) in [6.45, 7) is 2.83. The summed E-state index contributed by atoms with van der Waals surface area (Å²) in [7, 11) is 5.83. The van der Waals surface area contributed by atoms with Gasteiger partial charge in [0.2, 0.25) is 0 Å². The molecule has 1 saturated heterocycles. The molecule has 4 nitrogen and oxygen atoms in total. The Morgan fingerprint density at radius 1 is 1.36 bits per heavy atom. The highest BCUT2D eigenvalue weighted by Crippen LogP contribution is 2.18. The van der Waals surface area contributed by atoms with E-state index in [0.717, 1.165) is 24.6 Å². The van der Waals surface area contributed by atoms with Crippen molar-refractivity contribution in [3.05, 3.63) is 35.6 Å². The number of halogens is 2. The number of benzene rings is 1. The second kappa shape index (κ2) is 9.29. The largest absolute Gasteiger partial charge is 0.354 e. The Morgan fingerprint density at radius 2 is 2.05 bits per heavy atom. The van der Waals surface area contributed by atoms with E-state index in [1.54, 1.807) is 12.1 Å². The molecule has 1 aliphatic rings. The summed E-state index contributed by atoms with van der Waals surface area (Å²) in [6, 6.07) is 6.92. The van der Waals surface area contributed by atoms with Crippen LogP contribution in [0.3, 0.4) is 0 Å². The third-order valence-corrected chi connectivity index (χ3v) is 3.93. The lowest BCUT2D eigenvalue weighted by Crippen LogP contribution is -2.43. The summed E-state index contributed by atoms with van der Waals surface area (Å²) in [5, 5.41) is 3.42. The fraction of sp³-hybridized carbons (Fsp3) is 0.562. The average molecular weight is 420 g/mol. The van der Waals surface area contributed by atoms with Crippen LogP contribution < -0.4 is 5.32 Å². The van der Waals surface area contributed by atoms with Crippen molar-refractivity contribution < 1.29 is 4.39 Å². The van der Waals surface area contributed by atoms with Crippen molar-refractivity contribution in [2.24, 2.45) is 4.99 Å². The van der Waals surface area contributed by atoms with Gasteiger partial charge in [-0.25, -0.2) is 4.39 Å². The molecule has 0 amide bonds. The third-order valence-electron chi connectivity index (χ3n) is 3.93. The Labute approximate surface area is 149 Å². The van der Waals surface area contributed by atoms with Gasteiger partial charge in [-0.15, -0.1) is 24.0 Å². The lowest BCUT2D eigenvalue weighted by Gasteiger charge is -2.28. The Balaban J connectivity index is 0.00000242. The molecular weight excluding hydrogens is 394 g/mol. The summed E-state index contributed by atoms with van der Waals surface area (Å²) in [5.74, 6) is 0.749. The van der Waals surface area contributed by atoms with Crippen LogP contribution in [-0.4, -0.2) is 56.5 Å². The molecule has 1 atom stereocenters. The van der Waals surface area contributed by atoms with Gasteiger partial charge in [0.25, 0.3) is 0 Å². The topological polar surface area (TPSA) is 30.9 Å². The van der Waals surface area contributed by atoms with E-state index in [1.807, 2.05) is 27.2 Å². The quantitative estimate of drug-likeness (QED) is 0.462. The highest BCUT2D eigenvalue weighted by Gasteiger charge is 2.19. The number of likely N-dealkylation sites (tertiary alicyclic amines) is 1. The molecule has 0 aromatic heterocycles. The first-order chi connectivity index (χ1) is 10.1. The molecule has 0 bridgehead atoms. The van der Waals surface area contributed by atoms with Gasteiger partial charge in [-0.2, -0.15) is 0 Å². The number of hydrogen-bond donors (Lipinski definition) is 1. The Bertz CT molecular complexity index is 487. The second-order valence-corrected chi connectivity index (χ2v) is 5.66. The summed E-state index contributed by atoms with van der Waals surface area (Å²) in [4.78, 5) is 8.72. The van der Waals surface area contributed by atoms with E-state index in [-0.39, 0.29) is 35.8 Å². The molecule has 1 N–H and O–H groups in total. The minimum atomic E-state index is -0.191. The Hall–Kier alpha value is -0.890. The minimum absolute atomic E-state index is 0. The van der Waals surface area contributed by atoms with Crippen molar-refractivity contribution in [1.82, 2.24) is 15.1 Å². The molecule has 6 heteroatoms. The molecule has 1 fully saturated rings. The van der Waals surface area contributed by atoms with Crippen LogP contribution in [0.2, 0.25) is 0 Å². The number of likely N-dealkylation sites (N-methyl/N-ethyl adjacent to an activating group) is 1.